The van der Waals surface area contributed by atoms with Crippen LogP contribution in [0.4, 0.5) is 0 Å². The van der Waals surface area contributed by atoms with E-state index in [1.165, 1.54) is 0 Å². The molecule has 0 amide bonds. The maximum atomic E-state index is 9.18. The fourth-order valence-electron chi connectivity index (χ4n) is 2.21. The average molecular weight is 347 g/mol. The molecule has 5 heteroatoms. The lowest BCUT2D eigenvalue weighted by Crippen LogP contribution is -1.98. The van der Waals surface area contributed by atoms with Crippen molar-refractivity contribution in [3.63, 3.8) is 0 Å². The number of hydrogen-bond donors (Lipinski definition) is 0. The topological polar surface area (TPSA) is 41.6 Å². The predicted octanol–water partition coefficient (Wildman–Crippen LogP) is 4.40. The molecule has 3 aromatic rings. The zero-order chi connectivity index (χ0) is 14.1. The first-order valence-corrected chi connectivity index (χ1v) is 7.29. The fourth-order valence-corrected chi connectivity index (χ4v) is 2.65. The molecular weight excluding hydrogens is 338 g/mol. The van der Waals surface area contributed by atoms with Crippen LogP contribution in [-0.4, -0.2) is 9.55 Å². The second-order valence-electron chi connectivity index (χ2n) is 4.26. The van der Waals surface area contributed by atoms with Gasteiger partial charge < -0.3 is 0 Å². The molecule has 0 aliphatic heterocycles. The molecule has 1 heterocycles. The minimum Gasteiger partial charge on any atom is -0.295 e. The second kappa shape index (κ2) is 5.28. The average Bonchev–Trinajstić information content (AvgIpc) is 2.86. The Morgan fingerprint density at radius 3 is 2.60 bits per heavy atom. The fraction of sp³-hybridized carbons (Fsp3) is 0.0667. The van der Waals surface area contributed by atoms with Crippen molar-refractivity contribution >= 4 is 38.6 Å². The summed E-state index contributed by atoms with van der Waals surface area (Å²) in [7, 11) is 0. The number of benzene rings is 2. The highest BCUT2D eigenvalue weighted by Gasteiger charge is 2.14. The Bertz CT molecular complexity index is 815. The van der Waals surface area contributed by atoms with E-state index in [0.717, 1.165) is 21.5 Å². The van der Waals surface area contributed by atoms with Gasteiger partial charge in [-0.3, -0.25) is 4.57 Å². The number of rotatable bonds is 2. The van der Waals surface area contributed by atoms with E-state index in [1.807, 2.05) is 41.0 Å². The largest absolute Gasteiger partial charge is 0.295 e. The number of imidazole rings is 1. The molecule has 0 radical (unpaired) electrons. The molecule has 0 bridgehead atoms. The summed E-state index contributed by atoms with van der Waals surface area (Å²) in [6.45, 7) is 0. The zero-order valence-corrected chi connectivity index (χ0v) is 12.7. The lowest BCUT2D eigenvalue weighted by molar-refractivity contribution is 0.981. The molecule has 0 saturated carbocycles. The number of aromatic nitrogens is 2. The first-order chi connectivity index (χ1) is 9.74. The van der Waals surface area contributed by atoms with Crippen LogP contribution in [0.3, 0.4) is 0 Å². The first kappa shape index (κ1) is 13.2. The van der Waals surface area contributed by atoms with Crippen LogP contribution in [0.1, 0.15) is 11.4 Å². The normalized spacial score (nSPS) is 10.7. The van der Waals surface area contributed by atoms with Gasteiger partial charge in [0.1, 0.15) is 17.4 Å². The summed E-state index contributed by atoms with van der Waals surface area (Å²) in [6, 6.07) is 15.6. The molecule has 0 saturated heterocycles. The van der Waals surface area contributed by atoms with Crippen LogP contribution >= 0.6 is 27.5 Å². The van der Waals surface area contributed by atoms with Gasteiger partial charge in [-0.1, -0.05) is 22.0 Å². The number of halogens is 2. The van der Waals surface area contributed by atoms with Crippen molar-refractivity contribution in [3.8, 4) is 11.8 Å². The Balaban J connectivity index is 2.34. The van der Waals surface area contributed by atoms with Crippen molar-refractivity contribution in [2.24, 2.45) is 0 Å². The molecule has 0 unspecified atom stereocenters. The first-order valence-electron chi connectivity index (χ1n) is 5.97. The van der Waals surface area contributed by atoms with Crippen LogP contribution in [0.15, 0.2) is 46.9 Å². The van der Waals surface area contributed by atoms with Gasteiger partial charge in [0, 0.05) is 10.2 Å². The summed E-state index contributed by atoms with van der Waals surface area (Å²) < 4.78 is 2.99. The Labute approximate surface area is 129 Å². The van der Waals surface area contributed by atoms with E-state index >= 15 is 0 Å². The Morgan fingerprint density at radius 2 is 1.95 bits per heavy atom. The number of nitriles is 1. The third-order valence-electron chi connectivity index (χ3n) is 3.08. The maximum Gasteiger partial charge on any atom is 0.129 e. The van der Waals surface area contributed by atoms with E-state index in [9.17, 15) is 5.26 Å². The maximum absolute atomic E-state index is 9.18. The van der Waals surface area contributed by atoms with Crippen molar-refractivity contribution in [1.82, 2.24) is 9.55 Å². The summed E-state index contributed by atoms with van der Waals surface area (Å²) in [5, 5.41) is 9.18. The summed E-state index contributed by atoms with van der Waals surface area (Å²) >= 11 is 9.43. The molecule has 3 rings (SSSR count). The highest BCUT2D eigenvalue weighted by molar-refractivity contribution is 9.10. The van der Waals surface area contributed by atoms with E-state index in [4.69, 9.17) is 11.6 Å². The molecule has 0 spiro atoms. The summed E-state index contributed by atoms with van der Waals surface area (Å²) in [6.07, 6.45) is 0. The third-order valence-corrected chi connectivity index (χ3v) is 3.85. The Kier molecular flexibility index (Phi) is 3.47. The van der Waals surface area contributed by atoms with E-state index in [0.29, 0.717) is 11.1 Å². The van der Waals surface area contributed by atoms with Gasteiger partial charge in [-0.25, -0.2) is 4.98 Å². The summed E-state index contributed by atoms with van der Waals surface area (Å²) in [4.78, 5) is 4.50. The van der Waals surface area contributed by atoms with Gasteiger partial charge in [-0.05, 0) is 36.4 Å². The van der Waals surface area contributed by atoms with Crippen molar-refractivity contribution in [1.29, 1.82) is 5.26 Å². The number of alkyl halides is 1. The van der Waals surface area contributed by atoms with Crippen LogP contribution in [0.2, 0.25) is 0 Å². The molecule has 98 valence electrons. The molecule has 0 N–H and O–H groups in total. The molecule has 3 nitrogen and oxygen atoms in total. The van der Waals surface area contributed by atoms with Gasteiger partial charge in [-0.2, -0.15) is 5.26 Å². The zero-order valence-electron chi connectivity index (χ0n) is 10.3. The smallest absolute Gasteiger partial charge is 0.129 e. The van der Waals surface area contributed by atoms with Crippen molar-refractivity contribution in [2.45, 2.75) is 5.88 Å². The molecule has 2 aromatic carbocycles. The van der Waals surface area contributed by atoms with Gasteiger partial charge in [-0.15, -0.1) is 11.6 Å². The summed E-state index contributed by atoms with van der Waals surface area (Å²) in [5.74, 6) is 1.02. The number of hydrogen-bond acceptors (Lipinski definition) is 2. The van der Waals surface area contributed by atoms with E-state index < -0.39 is 0 Å². The standard InChI is InChI=1S/C15H9BrClN3/c16-11-4-6-12(7-5-11)20-13-3-1-2-10(9-18)15(13)19-14(20)8-17/h1-7H,8H2. The highest BCUT2D eigenvalue weighted by atomic mass is 79.9. The van der Waals surface area contributed by atoms with Crippen LogP contribution in [0.25, 0.3) is 16.7 Å². The van der Waals surface area contributed by atoms with E-state index in [1.54, 1.807) is 6.07 Å². The minimum atomic E-state index is 0.287. The van der Waals surface area contributed by atoms with E-state index in [2.05, 4.69) is 27.0 Å². The quantitative estimate of drug-likeness (QED) is 0.645. The lowest BCUT2D eigenvalue weighted by Gasteiger charge is -2.07. The highest BCUT2D eigenvalue weighted by Crippen LogP contribution is 2.25. The molecule has 1 aromatic heterocycles. The number of para-hydroxylation sites is 1. The lowest BCUT2D eigenvalue weighted by atomic mass is 10.2. The monoisotopic (exact) mass is 345 g/mol. The van der Waals surface area contributed by atoms with Crippen LogP contribution in [-0.2, 0) is 5.88 Å². The molecule has 0 fully saturated rings. The van der Waals surface area contributed by atoms with E-state index in [-0.39, 0.29) is 5.88 Å². The van der Waals surface area contributed by atoms with Gasteiger partial charge in [0.15, 0.2) is 0 Å². The number of nitrogens with zero attached hydrogens (tertiary/aromatic N) is 3. The summed E-state index contributed by atoms with van der Waals surface area (Å²) in [5.41, 5.74) is 3.11. The SMILES string of the molecule is N#Cc1cccc2c1nc(CCl)n2-c1ccc(Br)cc1. The molecular formula is C15H9BrClN3. The van der Waals surface area contributed by atoms with Crippen LogP contribution in [0.5, 0.6) is 0 Å². The molecule has 0 aliphatic rings. The van der Waals surface area contributed by atoms with Crippen LogP contribution in [0, 0.1) is 11.3 Å². The van der Waals surface area contributed by atoms with Gasteiger partial charge in [0.05, 0.1) is 17.0 Å². The Morgan fingerprint density at radius 1 is 1.20 bits per heavy atom. The Hall–Kier alpha value is -1.83. The van der Waals surface area contributed by atoms with Crippen molar-refractivity contribution in [2.75, 3.05) is 0 Å². The molecule has 20 heavy (non-hydrogen) atoms. The second-order valence-corrected chi connectivity index (χ2v) is 5.44. The van der Waals surface area contributed by atoms with Gasteiger partial charge >= 0.3 is 0 Å². The molecule has 0 atom stereocenters. The van der Waals surface area contributed by atoms with Gasteiger partial charge in [0.2, 0.25) is 0 Å². The van der Waals surface area contributed by atoms with Crippen LogP contribution < -0.4 is 0 Å². The number of fused-ring (bicyclic) bond motifs is 1. The minimum absolute atomic E-state index is 0.287. The predicted molar refractivity (Wildman–Crippen MR) is 83.0 cm³/mol. The van der Waals surface area contributed by atoms with Crippen molar-refractivity contribution < 1.29 is 0 Å². The van der Waals surface area contributed by atoms with Crippen molar-refractivity contribution in [3.05, 3.63) is 58.3 Å². The van der Waals surface area contributed by atoms with Gasteiger partial charge in [0.25, 0.3) is 0 Å². The molecule has 0 aliphatic carbocycles. The third kappa shape index (κ3) is 2.09.